The van der Waals surface area contributed by atoms with Crippen molar-refractivity contribution in [3.05, 3.63) is 83.7 Å². The van der Waals surface area contributed by atoms with Crippen LogP contribution in [0.1, 0.15) is 5.56 Å². The van der Waals surface area contributed by atoms with Crippen LogP contribution in [0.2, 0.25) is 5.02 Å². The second-order valence-electron chi connectivity index (χ2n) is 8.57. The smallest absolute Gasteiger partial charge is 0.319 e. The molecule has 1 aliphatic rings. The molecule has 0 bridgehead atoms. The summed E-state index contributed by atoms with van der Waals surface area (Å²) >= 11 is 6.47. The summed E-state index contributed by atoms with van der Waals surface area (Å²) in [5.74, 6) is -2.04. The number of phenols is 1. The molecule has 1 saturated heterocycles. The molecule has 1 N–H and O–H groups in total. The van der Waals surface area contributed by atoms with Crippen LogP contribution >= 0.6 is 11.6 Å². The van der Waals surface area contributed by atoms with E-state index >= 15 is 4.39 Å². The number of aromatic nitrogens is 3. The zero-order valence-electron chi connectivity index (χ0n) is 20.1. The number of halogens is 3. The van der Waals surface area contributed by atoms with E-state index in [1.807, 2.05) is 4.90 Å². The minimum absolute atomic E-state index is 0.0983. The Labute approximate surface area is 221 Å². The molecule has 0 saturated carbocycles. The first kappa shape index (κ1) is 25.3. The minimum atomic E-state index is -0.925. The molecule has 38 heavy (non-hydrogen) atoms. The fourth-order valence-corrected chi connectivity index (χ4v) is 4.64. The predicted molar refractivity (Wildman–Crippen MR) is 139 cm³/mol. The molecular formula is C27H22ClF2N5O3. The molecular weight excluding hydrogens is 516 g/mol. The number of rotatable bonds is 6. The van der Waals surface area contributed by atoms with Crippen molar-refractivity contribution in [2.45, 2.75) is 6.61 Å². The third-order valence-corrected chi connectivity index (χ3v) is 6.56. The van der Waals surface area contributed by atoms with Crippen LogP contribution in [0.15, 0.2) is 61.4 Å². The summed E-state index contributed by atoms with van der Waals surface area (Å²) in [6.07, 6.45) is 4.49. The number of piperazine rings is 1. The van der Waals surface area contributed by atoms with Gasteiger partial charge in [0.15, 0.2) is 5.82 Å². The largest absolute Gasteiger partial charge is 0.507 e. The zero-order valence-corrected chi connectivity index (χ0v) is 20.8. The van der Waals surface area contributed by atoms with Crippen molar-refractivity contribution in [1.29, 1.82) is 0 Å². The maximum Gasteiger partial charge on any atom is 0.319 e. The minimum Gasteiger partial charge on any atom is -0.507 e. The monoisotopic (exact) mass is 537 g/mol. The highest BCUT2D eigenvalue weighted by Crippen LogP contribution is 2.42. The molecule has 2 aromatic carbocycles. The van der Waals surface area contributed by atoms with Gasteiger partial charge in [0.1, 0.15) is 29.5 Å². The molecule has 3 heterocycles. The van der Waals surface area contributed by atoms with Crippen LogP contribution < -0.4 is 9.64 Å². The Bertz CT molecular complexity index is 1510. The molecule has 0 atom stereocenters. The van der Waals surface area contributed by atoms with Gasteiger partial charge in [0.2, 0.25) is 5.91 Å². The third-order valence-electron chi connectivity index (χ3n) is 6.27. The van der Waals surface area contributed by atoms with E-state index in [1.165, 1.54) is 24.3 Å². The van der Waals surface area contributed by atoms with Crippen molar-refractivity contribution in [2.24, 2.45) is 0 Å². The number of hydrogen-bond donors (Lipinski definition) is 1. The number of hydrogen-bond acceptors (Lipinski definition) is 7. The lowest BCUT2D eigenvalue weighted by molar-refractivity contribution is -0.126. The standard InChI is InChI=1S/C27H22ClF2N5O3/c1-2-21(37)34-10-12-35(13-11-34)26-17-14-18(28)22(23-19(29)4-3-5-20(23)36)24(30)25(17)32-27(33-26)38-15-16-6-8-31-9-7-16/h2-9,14,36H,1,10-13,15H2. The lowest BCUT2D eigenvalue weighted by Gasteiger charge is -2.35. The van der Waals surface area contributed by atoms with Crippen molar-refractivity contribution in [3.63, 3.8) is 0 Å². The number of fused-ring (bicyclic) bond motifs is 1. The fourth-order valence-electron chi connectivity index (χ4n) is 4.35. The molecule has 4 aromatic rings. The van der Waals surface area contributed by atoms with Crippen LogP contribution in [0.25, 0.3) is 22.0 Å². The van der Waals surface area contributed by atoms with E-state index in [1.54, 1.807) is 29.4 Å². The van der Waals surface area contributed by atoms with E-state index in [0.717, 1.165) is 11.6 Å². The summed E-state index contributed by atoms with van der Waals surface area (Å²) in [5, 5.41) is 10.5. The maximum absolute atomic E-state index is 16.1. The summed E-state index contributed by atoms with van der Waals surface area (Å²) in [5.41, 5.74) is -0.0320. The normalized spacial score (nSPS) is 13.6. The van der Waals surface area contributed by atoms with E-state index in [2.05, 4.69) is 21.5 Å². The quantitative estimate of drug-likeness (QED) is 0.355. The molecule has 2 aromatic heterocycles. The Morgan fingerprint density at radius 3 is 2.53 bits per heavy atom. The fraction of sp³-hybridized carbons (Fsp3) is 0.185. The number of phenolic OH excluding ortho intramolecular Hbond substituents is 1. The number of nitrogens with zero attached hydrogens (tertiary/aromatic N) is 5. The second kappa shape index (κ2) is 10.6. The summed E-state index contributed by atoms with van der Waals surface area (Å²) in [7, 11) is 0. The number of carbonyl (C=O) groups excluding carboxylic acids is 1. The van der Waals surface area contributed by atoms with Gasteiger partial charge in [-0.05, 0) is 42.0 Å². The van der Waals surface area contributed by atoms with Crippen molar-refractivity contribution in [1.82, 2.24) is 19.9 Å². The number of carbonyl (C=O) groups is 1. The second-order valence-corrected chi connectivity index (χ2v) is 8.98. The number of benzene rings is 2. The predicted octanol–water partition coefficient (Wildman–Crippen LogP) is 4.74. The topological polar surface area (TPSA) is 91.7 Å². The summed E-state index contributed by atoms with van der Waals surface area (Å²) in [4.78, 5) is 28.4. The molecule has 8 nitrogen and oxygen atoms in total. The molecule has 0 aliphatic carbocycles. The highest BCUT2D eigenvalue weighted by Gasteiger charge is 2.27. The van der Waals surface area contributed by atoms with Gasteiger partial charge in [0.05, 0.1) is 10.6 Å². The Balaban J connectivity index is 1.62. The first-order valence-electron chi connectivity index (χ1n) is 11.7. The number of amides is 1. The van der Waals surface area contributed by atoms with Crippen LogP contribution in [-0.2, 0) is 11.4 Å². The third kappa shape index (κ3) is 4.82. The van der Waals surface area contributed by atoms with E-state index in [9.17, 15) is 14.3 Å². The van der Waals surface area contributed by atoms with E-state index < -0.39 is 17.4 Å². The highest BCUT2D eigenvalue weighted by atomic mass is 35.5. The zero-order chi connectivity index (χ0) is 26.8. The lowest BCUT2D eigenvalue weighted by Crippen LogP contribution is -2.48. The van der Waals surface area contributed by atoms with Gasteiger partial charge in [0.25, 0.3) is 0 Å². The molecule has 5 rings (SSSR count). The molecule has 0 unspecified atom stereocenters. The molecule has 11 heteroatoms. The molecule has 1 fully saturated rings. The van der Waals surface area contributed by atoms with Crippen molar-refractivity contribution >= 4 is 34.2 Å². The molecule has 0 spiro atoms. The van der Waals surface area contributed by atoms with Gasteiger partial charge >= 0.3 is 6.01 Å². The summed E-state index contributed by atoms with van der Waals surface area (Å²) in [6, 6.07) is 8.53. The lowest BCUT2D eigenvalue weighted by atomic mass is 10.0. The van der Waals surface area contributed by atoms with Crippen LogP contribution in [0.4, 0.5) is 14.6 Å². The molecule has 1 aliphatic heterocycles. The average Bonchev–Trinajstić information content (AvgIpc) is 2.93. The Morgan fingerprint density at radius 1 is 1.11 bits per heavy atom. The Morgan fingerprint density at radius 2 is 1.84 bits per heavy atom. The Hall–Kier alpha value is -4.31. The highest BCUT2D eigenvalue weighted by molar-refractivity contribution is 6.34. The van der Waals surface area contributed by atoms with Crippen molar-refractivity contribution < 1.29 is 23.4 Å². The first-order valence-corrected chi connectivity index (χ1v) is 12.1. The van der Waals surface area contributed by atoms with Gasteiger partial charge in [-0.25, -0.2) is 8.78 Å². The van der Waals surface area contributed by atoms with E-state index in [0.29, 0.717) is 32.0 Å². The van der Waals surface area contributed by atoms with Crippen LogP contribution in [0, 0.1) is 11.6 Å². The van der Waals surface area contributed by atoms with Crippen molar-refractivity contribution in [3.8, 4) is 22.9 Å². The van der Waals surface area contributed by atoms with E-state index in [-0.39, 0.29) is 45.6 Å². The van der Waals surface area contributed by atoms with Gasteiger partial charge in [-0.2, -0.15) is 9.97 Å². The van der Waals surface area contributed by atoms with Crippen LogP contribution in [0.3, 0.4) is 0 Å². The Kier molecular flexibility index (Phi) is 7.06. The number of ether oxygens (including phenoxy) is 1. The van der Waals surface area contributed by atoms with Crippen LogP contribution in [-0.4, -0.2) is 57.0 Å². The first-order chi connectivity index (χ1) is 18.4. The summed E-state index contributed by atoms with van der Waals surface area (Å²) < 4.78 is 36.6. The molecule has 1 amide bonds. The molecule has 194 valence electrons. The SMILES string of the molecule is C=CC(=O)N1CCN(c2nc(OCc3ccncc3)nc3c(F)c(-c4c(O)cccc4F)c(Cl)cc23)CC1. The van der Waals surface area contributed by atoms with Crippen LogP contribution in [0.5, 0.6) is 11.8 Å². The summed E-state index contributed by atoms with van der Waals surface area (Å²) in [6.45, 7) is 5.25. The molecule has 0 radical (unpaired) electrons. The number of aromatic hydroxyl groups is 1. The van der Waals surface area contributed by atoms with E-state index in [4.69, 9.17) is 16.3 Å². The average molecular weight is 538 g/mol. The van der Waals surface area contributed by atoms with Gasteiger partial charge in [-0.1, -0.05) is 24.2 Å². The number of anilines is 1. The van der Waals surface area contributed by atoms with Gasteiger partial charge in [-0.15, -0.1) is 0 Å². The number of pyridine rings is 1. The van der Waals surface area contributed by atoms with Crippen molar-refractivity contribution in [2.75, 3.05) is 31.1 Å². The van der Waals surface area contributed by atoms with Gasteiger partial charge < -0.3 is 19.6 Å². The van der Waals surface area contributed by atoms with Gasteiger partial charge in [0, 0.05) is 49.5 Å². The van der Waals surface area contributed by atoms with Gasteiger partial charge in [-0.3, -0.25) is 9.78 Å². The maximum atomic E-state index is 16.1.